The summed E-state index contributed by atoms with van der Waals surface area (Å²) in [6.45, 7) is 8.86. The van der Waals surface area contributed by atoms with Gasteiger partial charge in [-0.05, 0) is 81.1 Å². The number of benzene rings is 1. The summed E-state index contributed by atoms with van der Waals surface area (Å²) in [7, 11) is 1.72. The SMILES string of the molecule is CCNC(=NCC(c1cccc(OC)c1)N1CCCC1)NCCc1ccncc1C. The molecule has 0 aliphatic carbocycles. The number of guanidine groups is 1. The maximum atomic E-state index is 5.45. The van der Waals surface area contributed by atoms with Crippen molar-refractivity contribution in [1.82, 2.24) is 20.5 Å². The van der Waals surface area contributed by atoms with Gasteiger partial charge in [0.15, 0.2) is 5.96 Å². The van der Waals surface area contributed by atoms with Gasteiger partial charge >= 0.3 is 0 Å². The maximum Gasteiger partial charge on any atom is 0.191 e. The zero-order chi connectivity index (χ0) is 21.2. The van der Waals surface area contributed by atoms with Crippen molar-refractivity contribution in [3.63, 3.8) is 0 Å². The molecule has 1 aromatic carbocycles. The van der Waals surface area contributed by atoms with Crippen LogP contribution in [0.15, 0.2) is 47.7 Å². The number of aliphatic imine (C=N–C) groups is 1. The summed E-state index contributed by atoms with van der Waals surface area (Å²) in [5, 5.41) is 6.88. The van der Waals surface area contributed by atoms with Crippen molar-refractivity contribution in [2.24, 2.45) is 4.99 Å². The number of hydrogen-bond donors (Lipinski definition) is 2. The van der Waals surface area contributed by atoms with E-state index in [4.69, 9.17) is 9.73 Å². The van der Waals surface area contributed by atoms with Crippen molar-refractivity contribution in [3.05, 3.63) is 59.4 Å². The Morgan fingerprint density at radius 3 is 2.80 bits per heavy atom. The minimum Gasteiger partial charge on any atom is -0.497 e. The molecule has 1 saturated heterocycles. The average molecular weight is 410 g/mol. The van der Waals surface area contributed by atoms with Gasteiger partial charge in [-0.25, -0.2) is 0 Å². The fourth-order valence-electron chi connectivity index (χ4n) is 3.95. The van der Waals surface area contributed by atoms with Crippen molar-refractivity contribution < 1.29 is 4.74 Å². The van der Waals surface area contributed by atoms with Crippen LogP contribution in [0.25, 0.3) is 0 Å². The second kappa shape index (κ2) is 11.6. The van der Waals surface area contributed by atoms with Crippen molar-refractivity contribution in [2.75, 3.05) is 39.8 Å². The lowest BCUT2D eigenvalue weighted by Gasteiger charge is -2.27. The van der Waals surface area contributed by atoms with Crippen LogP contribution in [-0.4, -0.2) is 55.7 Å². The highest BCUT2D eigenvalue weighted by atomic mass is 16.5. The summed E-state index contributed by atoms with van der Waals surface area (Å²) in [6, 6.07) is 10.8. The van der Waals surface area contributed by atoms with Crippen LogP contribution in [0.4, 0.5) is 0 Å². The molecule has 0 amide bonds. The van der Waals surface area contributed by atoms with Crippen LogP contribution >= 0.6 is 0 Å². The second-order valence-corrected chi connectivity index (χ2v) is 7.73. The Labute approximate surface area is 180 Å². The molecule has 30 heavy (non-hydrogen) atoms. The Bertz CT molecular complexity index is 817. The fourth-order valence-corrected chi connectivity index (χ4v) is 3.95. The van der Waals surface area contributed by atoms with Gasteiger partial charge in [0, 0.05) is 25.5 Å². The lowest BCUT2D eigenvalue weighted by Crippen LogP contribution is -2.39. The van der Waals surface area contributed by atoms with Crippen LogP contribution in [0.3, 0.4) is 0 Å². The van der Waals surface area contributed by atoms with Crippen LogP contribution in [0.2, 0.25) is 0 Å². The molecule has 0 spiro atoms. The maximum absolute atomic E-state index is 5.45. The van der Waals surface area contributed by atoms with E-state index in [0.717, 1.165) is 50.9 Å². The Balaban J connectivity index is 1.68. The third-order valence-electron chi connectivity index (χ3n) is 5.65. The molecule has 1 atom stereocenters. The molecule has 6 heteroatoms. The number of aryl methyl sites for hydroxylation is 1. The average Bonchev–Trinajstić information content (AvgIpc) is 3.30. The lowest BCUT2D eigenvalue weighted by molar-refractivity contribution is 0.251. The molecule has 162 valence electrons. The molecule has 1 aromatic heterocycles. The third kappa shape index (κ3) is 6.20. The second-order valence-electron chi connectivity index (χ2n) is 7.73. The minimum atomic E-state index is 0.264. The third-order valence-corrected chi connectivity index (χ3v) is 5.65. The minimum absolute atomic E-state index is 0.264. The smallest absolute Gasteiger partial charge is 0.191 e. The summed E-state index contributed by atoms with van der Waals surface area (Å²) >= 11 is 0. The Morgan fingerprint density at radius 1 is 1.23 bits per heavy atom. The van der Waals surface area contributed by atoms with Crippen molar-refractivity contribution in [1.29, 1.82) is 0 Å². The van der Waals surface area contributed by atoms with Crippen LogP contribution in [-0.2, 0) is 6.42 Å². The number of rotatable bonds is 9. The molecule has 2 N–H and O–H groups in total. The van der Waals surface area contributed by atoms with Gasteiger partial charge in [0.05, 0.1) is 19.7 Å². The fraction of sp³-hybridized carbons (Fsp3) is 0.500. The van der Waals surface area contributed by atoms with E-state index in [1.807, 2.05) is 18.5 Å². The number of ether oxygens (including phenoxy) is 1. The normalized spacial score (nSPS) is 15.8. The number of hydrogen-bond acceptors (Lipinski definition) is 4. The van der Waals surface area contributed by atoms with Gasteiger partial charge in [-0.15, -0.1) is 0 Å². The highest BCUT2D eigenvalue weighted by Gasteiger charge is 2.23. The van der Waals surface area contributed by atoms with Gasteiger partial charge in [0.1, 0.15) is 5.75 Å². The molecule has 6 nitrogen and oxygen atoms in total. The van der Waals surface area contributed by atoms with Gasteiger partial charge in [-0.1, -0.05) is 12.1 Å². The lowest BCUT2D eigenvalue weighted by atomic mass is 10.1. The van der Waals surface area contributed by atoms with Crippen molar-refractivity contribution >= 4 is 5.96 Å². The Morgan fingerprint density at radius 2 is 2.07 bits per heavy atom. The molecule has 0 bridgehead atoms. The summed E-state index contributed by atoms with van der Waals surface area (Å²) in [5.74, 6) is 1.77. The molecule has 1 aliphatic rings. The summed E-state index contributed by atoms with van der Waals surface area (Å²) < 4.78 is 5.45. The number of methoxy groups -OCH3 is 1. The molecule has 0 saturated carbocycles. The first-order chi connectivity index (χ1) is 14.7. The van der Waals surface area contributed by atoms with E-state index < -0.39 is 0 Å². The van der Waals surface area contributed by atoms with E-state index in [2.05, 4.69) is 58.6 Å². The van der Waals surface area contributed by atoms with Crippen molar-refractivity contribution in [2.45, 2.75) is 39.2 Å². The molecule has 1 aliphatic heterocycles. The van der Waals surface area contributed by atoms with Crippen LogP contribution in [0.1, 0.15) is 42.5 Å². The molecule has 2 aromatic rings. The topological polar surface area (TPSA) is 61.8 Å². The van der Waals surface area contributed by atoms with Gasteiger partial charge in [0.2, 0.25) is 0 Å². The number of aromatic nitrogens is 1. The summed E-state index contributed by atoms with van der Waals surface area (Å²) in [4.78, 5) is 11.7. The molecule has 3 rings (SSSR count). The quantitative estimate of drug-likeness (QED) is 0.491. The van der Waals surface area contributed by atoms with E-state index in [9.17, 15) is 0 Å². The van der Waals surface area contributed by atoms with Gasteiger partial charge in [0.25, 0.3) is 0 Å². The Kier molecular flexibility index (Phi) is 8.51. The largest absolute Gasteiger partial charge is 0.497 e. The number of likely N-dealkylation sites (tertiary alicyclic amines) is 1. The van der Waals surface area contributed by atoms with E-state index in [0.29, 0.717) is 0 Å². The Hall–Kier alpha value is -2.60. The zero-order valence-electron chi connectivity index (χ0n) is 18.5. The summed E-state index contributed by atoms with van der Waals surface area (Å²) in [5.41, 5.74) is 3.82. The van der Waals surface area contributed by atoms with E-state index in [1.165, 1.54) is 29.5 Å². The van der Waals surface area contributed by atoms with E-state index >= 15 is 0 Å². The van der Waals surface area contributed by atoms with Crippen molar-refractivity contribution in [3.8, 4) is 5.75 Å². The number of nitrogens with zero attached hydrogens (tertiary/aromatic N) is 3. The van der Waals surface area contributed by atoms with Crippen LogP contribution in [0, 0.1) is 6.92 Å². The first-order valence-electron chi connectivity index (χ1n) is 11.0. The molecule has 0 radical (unpaired) electrons. The van der Waals surface area contributed by atoms with Gasteiger partial charge in [-0.2, -0.15) is 0 Å². The first kappa shape index (κ1) is 22.1. The van der Waals surface area contributed by atoms with Gasteiger partial charge in [-0.3, -0.25) is 14.9 Å². The highest BCUT2D eigenvalue weighted by molar-refractivity contribution is 5.79. The number of nitrogens with one attached hydrogen (secondary N) is 2. The zero-order valence-corrected chi connectivity index (χ0v) is 18.5. The highest BCUT2D eigenvalue weighted by Crippen LogP contribution is 2.27. The number of pyridine rings is 1. The van der Waals surface area contributed by atoms with E-state index in [-0.39, 0.29) is 6.04 Å². The summed E-state index contributed by atoms with van der Waals surface area (Å²) in [6.07, 6.45) is 7.24. The van der Waals surface area contributed by atoms with E-state index in [1.54, 1.807) is 7.11 Å². The standard InChI is InChI=1S/C24H35N5O/c1-4-26-24(27-13-11-20-10-12-25-17-19(20)2)28-18-23(29-14-5-6-15-29)21-8-7-9-22(16-21)30-3/h7-10,12,16-17,23H,4-6,11,13-15,18H2,1-3H3,(H2,26,27,28). The molecule has 1 fully saturated rings. The molecule has 1 unspecified atom stereocenters. The molecular weight excluding hydrogens is 374 g/mol. The predicted molar refractivity (Wildman–Crippen MR) is 123 cm³/mol. The monoisotopic (exact) mass is 409 g/mol. The molecular formula is C24H35N5O. The molecule has 2 heterocycles. The predicted octanol–water partition coefficient (Wildman–Crippen LogP) is 3.33. The van der Waals surface area contributed by atoms with Crippen LogP contribution < -0.4 is 15.4 Å². The van der Waals surface area contributed by atoms with Crippen LogP contribution in [0.5, 0.6) is 5.75 Å². The van der Waals surface area contributed by atoms with Gasteiger partial charge < -0.3 is 15.4 Å². The first-order valence-corrected chi connectivity index (χ1v) is 11.0.